The van der Waals surface area contributed by atoms with Gasteiger partial charge in [0.2, 0.25) is 5.28 Å². The van der Waals surface area contributed by atoms with Gasteiger partial charge < -0.3 is 14.6 Å². The van der Waals surface area contributed by atoms with Crippen LogP contribution in [0.5, 0.6) is 0 Å². The molecule has 0 aliphatic heterocycles. The molecular weight excluding hydrogens is 421 g/mol. The van der Waals surface area contributed by atoms with Crippen molar-refractivity contribution < 1.29 is 17.9 Å². The van der Waals surface area contributed by atoms with Crippen LogP contribution in [0.3, 0.4) is 0 Å². The normalized spacial score (nSPS) is 16.5. The van der Waals surface area contributed by atoms with Crippen LogP contribution in [0.2, 0.25) is 31.0 Å². The number of ether oxygens (including phenoxy) is 1. The van der Waals surface area contributed by atoms with Gasteiger partial charge in [0, 0.05) is 26.9 Å². The summed E-state index contributed by atoms with van der Waals surface area (Å²) in [6.07, 6.45) is 1.60. The van der Waals surface area contributed by atoms with Gasteiger partial charge in [-0.1, -0.05) is 38.9 Å². The van der Waals surface area contributed by atoms with Crippen LogP contribution in [0, 0.1) is 0 Å². The summed E-state index contributed by atoms with van der Waals surface area (Å²) in [4.78, 5) is 8.20. The minimum Gasteiger partial charge on any atom is -0.367 e. The third-order valence-electron chi connectivity index (χ3n) is 5.17. The fraction of sp³-hybridized carbons (Fsp3) is 0.684. The molecule has 5 nitrogen and oxygen atoms in total. The van der Waals surface area contributed by atoms with Crippen LogP contribution in [-0.2, 0) is 17.6 Å². The maximum absolute atomic E-state index is 13.8. The Hall–Kier alpha value is -1.32. The fourth-order valence-electron chi connectivity index (χ4n) is 3.56. The lowest BCUT2D eigenvalue weighted by atomic mass is 9.95. The Balaban J connectivity index is 1.93. The number of aromatic nitrogens is 3. The van der Waals surface area contributed by atoms with E-state index < -0.39 is 19.8 Å². The molecule has 1 N–H and O–H groups in total. The van der Waals surface area contributed by atoms with E-state index in [1.807, 2.05) is 0 Å². The number of hydrogen-bond donors (Lipinski definition) is 1. The molecule has 0 atom stereocenters. The standard InChI is InChI=1S/C19H28ClF3N4OSi/c1-29(2,3)10-9-28-12-27-11-14(19(21,22)23)15-16(25-18(20)26-17(15)27)24-13-7-5-4-6-8-13/h11,13H,4-10,12H2,1-3H3,(H,24,25,26). The third kappa shape index (κ3) is 5.85. The molecule has 29 heavy (non-hydrogen) atoms. The average molecular weight is 449 g/mol. The van der Waals surface area contributed by atoms with Crippen LogP contribution in [0.15, 0.2) is 6.20 Å². The van der Waals surface area contributed by atoms with E-state index in [4.69, 9.17) is 16.3 Å². The zero-order valence-corrected chi connectivity index (χ0v) is 18.8. The minimum absolute atomic E-state index is 0.00668. The molecule has 0 bridgehead atoms. The number of anilines is 1. The molecule has 2 heterocycles. The van der Waals surface area contributed by atoms with E-state index in [2.05, 4.69) is 34.9 Å². The number of fused-ring (bicyclic) bond motifs is 1. The van der Waals surface area contributed by atoms with Crippen molar-refractivity contribution in [1.29, 1.82) is 0 Å². The number of rotatable bonds is 7. The molecule has 0 radical (unpaired) electrons. The Labute approximate surface area is 175 Å². The maximum Gasteiger partial charge on any atom is 0.418 e. The van der Waals surface area contributed by atoms with E-state index in [-0.39, 0.29) is 34.9 Å². The van der Waals surface area contributed by atoms with Crippen LogP contribution in [0.4, 0.5) is 19.0 Å². The van der Waals surface area contributed by atoms with E-state index in [1.54, 1.807) is 0 Å². The lowest BCUT2D eigenvalue weighted by molar-refractivity contribution is -0.136. The highest BCUT2D eigenvalue weighted by atomic mass is 35.5. The molecular formula is C19H28ClF3N4OSi. The lowest BCUT2D eigenvalue weighted by Crippen LogP contribution is -2.23. The summed E-state index contributed by atoms with van der Waals surface area (Å²) in [5.74, 6) is 0.153. The van der Waals surface area contributed by atoms with Gasteiger partial charge in [-0.15, -0.1) is 0 Å². The van der Waals surface area contributed by atoms with Gasteiger partial charge in [-0.25, -0.2) is 4.98 Å². The molecule has 1 saturated carbocycles. The molecule has 3 rings (SSSR count). The molecule has 1 aliphatic carbocycles. The topological polar surface area (TPSA) is 52.0 Å². The van der Waals surface area contributed by atoms with Gasteiger partial charge in [-0.2, -0.15) is 18.2 Å². The fourth-order valence-corrected chi connectivity index (χ4v) is 4.48. The zero-order chi connectivity index (χ0) is 21.2. The van der Waals surface area contributed by atoms with Crippen LogP contribution in [0.25, 0.3) is 11.0 Å². The minimum atomic E-state index is -4.53. The van der Waals surface area contributed by atoms with Gasteiger partial charge in [0.1, 0.15) is 18.2 Å². The molecule has 1 fully saturated rings. The quantitative estimate of drug-likeness (QED) is 0.313. The average Bonchev–Trinajstić information content (AvgIpc) is 2.98. The predicted molar refractivity (Wildman–Crippen MR) is 112 cm³/mol. The first kappa shape index (κ1) is 22.4. The van der Waals surface area contributed by atoms with Gasteiger partial charge in [-0.3, -0.25) is 0 Å². The van der Waals surface area contributed by atoms with Gasteiger partial charge in [0.05, 0.1) is 10.9 Å². The molecule has 0 unspecified atom stereocenters. The van der Waals surface area contributed by atoms with Gasteiger partial charge in [-0.05, 0) is 30.5 Å². The molecule has 2 aromatic heterocycles. The Kier molecular flexibility index (Phi) is 6.80. The van der Waals surface area contributed by atoms with Gasteiger partial charge in [0.15, 0.2) is 0 Å². The second-order valence-corrected chi connectivity index (χ2v) is 14.8. The van der Waals surface area contributed by atoms with Gasteiger partial charge >= 0.3 is 6.18 Å². The van der Waals surface area contributed by atoms with Crippen molar-refractivity contribution >= 4 is 36.5 Å². The molecule has 1 aliphatic rings. The van der Waals surface area contributed by atoms with Crippen molar-refractivity contribution in [2.45, 2.75) is 76.7 Å². The number of nitrogens with one attached hydrogen (secondary N) is 1. The number of halogens is 4. The summed E-state index contributed by atoms with van der Waals surface area (Å²) in [5, 5.41) is 3.08. The first-order valence-electron chi connectivity index (χ1n) is 10.0. The zero-order valence-electron chi connectivity index (χ0n) is 17.1. The number of nitrogens with zero attached hydrogens (tertiary/aromatic N) is 3. The summed E-state index contributed by atoms with van der Waals surface area (Å²) >= 11 is 6.07. The summed E-state index contributed by atoms with van der Waals surface area (Å²) < 4.78 is 48.4. The highest BCUT2D eigenvalue weighted by molar-refractivity contribution is 6.76. The highest BCUT2D eigenvalue weighted by Crippen LogP contribution is 2.39. The molecule has 2 aromatic rings. The van der Waals surface area contributed by atoms with E-state index >= 15 is 0 Å². The van der Waals surface area contributed by atoms with E-state index in [0.717, 1.165) is 44.3 Å². The van der Waals surface area contributed by atoms with E-state index in [0.29, 0.717) is 6.61 Å². The SMILES string of the molecule is C[Si](C)(C)CCOCn1cc(C(F)(F)F)c2c(NC3CCCCC3)nc(Cl)nc21. The van der Waals surface area contributed by atoms with Crippen molar-refractivity contribution in [2.75, 3.05) is 11.9 Å². The maximum atomic E-state index is 13.8. The summed E-state index contributed by atoms with van der Waals surface area (Å²) in [6, 6.07) is 1.03. The Morgan fingerprint density at radius 3 is 2.52 bits per heavy atom. The van der Waals surface area contributed by atoms with Crippen LogP contribution >= 0.6 is 11.6 Å². The largest absolute Gasteiger partial charge is 0.418 e. The van der Waals surface area contributed by atoms with E-state index in [9.17, 15) is 13.2 Å². The molecule has 0 spiro atoms. The van der Waals surface area contributed by atoms with E-state index in [1.165, 1.54) is 4.57 Å². The summed E-state index contributed by atoms with van der Waals surface area (Å²) in [7, 11) is -1.29. The highest BCUT2D eigenvalue weighted by Gasteiger charge is 2.37. The lowest BCUT2D eigenvalue weighted by Gasteiger charge is -2.24. The molecule has 10 heteroatoms. The summed E-state index contributed by atoms with van der Waals surface area (Å²) in [6.45, 7) is 7.16. The molecule has 0 aromatic carbocycles. The number of hydrogen-bond acceptors (Lipinski definition) is 4. The second-order valence-electron chi connectivity index (χ2n) is 8.88. The molecule has 0 saturated heterocycles. The van der Waals surface area contributed by atoms with Crippen LogP contribution in [0.1, 0.15) is 37.7 Å². The first-order chi connectivity index (χ1) is 13.5. The first-order valence-corrected chi connectivity index (χ1v) is 14.1. The Morgan fingerprint density at radius 1 is 1.21 bits per heavy atom. The summed E-state index contributed by atoms with van der Waals surface area (Å²) in [5.41, 5.74) is -0.625. The molecule has 0 amide bonds. The van der Waals surface area contributed by atoms with Crippen molar-refractivity contribution in [3.05, 3.63) is 17.0 Å². The van der Waals surface area contributed by atoms with Crippen molar-refractivity contribution in [3.8, 4) is 0 Å². The monoisotopic (exact) mass is 448 g/mol. The third-order valence-corrected chi connectivity index (χ3v) is 7.04. The Bertz CT molecular complexity index is 845. The van der Waals surface area contributed by atoms with Crippen molar-refractivity contribution in [2.24, 2.45) is 0 Å². The van der Waals surface area contributed by atoms with Crippen LogP contribution in [-0.4, -0.2) is 35.3 Å². The predicted octanol–water partition coefficient (Wildman–Crippen LogP) is 6.16. The number of alkyl halides is 3. The van der Waals surface area contributed by atoms with Gasteiger partial charge in [0.25, 0.3) is 0 Å². The second kappa shape index (κ2) is 8.81. The smallest absolute Gasteiger partial charge is 0.367 e. The van der Waals surface area contributed by atoms with Crippen molar-refractivity contribution in [3.63, 3.8) is 0 Å². The molecule has 162 valence electrons. The van der Waals surface area contributed by atoms with Crippen molar-refractivity contribution in [1.82, 2.24) is 14.5 Å². The Morgan fingerprint density at radius 2 is 1.90 bits per heavy atom. The van der Waals surface area contributed by atoms with Crippen LogP contribution < -0.4 is 5.32 Å².